The van der Waals surface area contributed by atoms with E-state index in [4.69, 9.17) is 0 Å². The lowest BCUT2D eigenvalue weighted by molar-refractivity contribution is -0.134. The van der Waals surface area contributed by atoms with Gasteiger partial charge in [-0.25, -0.2) is 0 Å². The van der Waals surface area contributed by atoms with Crippen molar-refractivity contribution in [2.24, 2.45) is 5.92 Å². The minimum Gasteiger partial charge on any atom is -0.508 e. The van der Waals surface area contributed by atoms with Crippen molar-refractivity contribution in [1.29, 1.82) is 0 Å². The zero-order valence-corrected chi connectivity index (χ0v) is 14.7. The highest BCUT2D eigenvalue weighted by atomic mass is 16.3. The van der Waals surface area contributed by atoms with Crippen LogP contribution in [0.1, 0.15) is 51.0 Å². The Hall–Kier alpha value is -1.55. The molecule has 4 nitrogen and oxygen atoms in total. The first-order valence-electron chi connectivity index (χ1n) is 9.44. The van der Waals surface area contributed by atoms with Gasteiger partial charge in [-0.2, -0.15) is 0 Å². The van der Waals surface area contributed by atoms with Gasteiger partial charge in [0.05, 0.1) is 0 Å². The zero-order chi connectivity index (χ0) is 16.9. The molecule has 1 amide bonds. The van der Waals surface area contributed by atoms with Crippen molar-refractivity contribution in [1.82, 2.24) is 10.2 Å². The highest BCUT2D eigenvalue weighted by molar-refractivity contribution is 5.79. The number of hydrogen-bond donors (Lipinski definition) is 2. The van der Waals surface area contributed by atoms with Crippen molar-refractivity contribution in [3.05, 3.63) is 29.8 Å². The Morgan fingerprint density at radius 2 is 1.96 bits per heavy atom. The lowest BCUT2D eigenvalue weighted by Crippen LogP contribution is -2.41. The van der Waals surface area contributed by atoms with E-state index in [1.165, 1.54) is 18.4 Å². The van der Waals surface area contributed by atoms with Crippen LogP contribution in [0.4, 0.5) is 0 Å². The Bertz CT molecular complexity index is 537. The first-order chi connectivity index (χ1) is 11.6. The lowest BCUT2D eigenvalue weighted by Gasteiger charge is -2.22. The van der Waals surface area contributed by atoms with E-state index < -0.39 is 0 Å². The number of aromatic hydroxyl groups is 1. The van der Waals surface area contributed by atoms with Gasteiger partial charge < -0.3 is 15.3 Å². The predicted octanol–water partition coefficient (Wildman–Crippen LogP) is 3.09. The molecule has 4 heteroatoms. The van der Waals surface area contributed by atoms with Crippen molar-refractivity contribution in [3.63, 3.8) is 0 Å². The van der Waals surface area contributed by atoms with Gasteiger partial charge in [0.25, 0.3) is 0 Å². The summed E-state index contributed by atoms with van der Waals surface area (Å²) in [6.07, 6.45) is 7.78. The second kappa shape index (κ2) is 8.02. The average molecular weight is 330 g/mol. The fraction of sp³-hybridized carbons (Fsp3) is 0.650. The van der Waals surface area contributed by atoms with Crippen LogP contribution in [0, 0.1) is 5.92 Å². The molecule has 1 heterocycles. The number of rotatable bonds is 6. The van der Waals surface area contributed by atoms with E-state index in [-0.39, 0.29) is 0 Å². The normalized spacial score (nSPS) is 22.9. The summed E-state index contributed by atoms with van der Waals surface area (Å²) in [6, 6.07) is 8.34. The number of nitrogens with one attached hydrogen (secondary N) is 1. The molecule has 0 aromatic heterocycles. The molecule has 1 saturated carbocycles. The number of amides is 1. The second-order valence-corrected chi connectivity index (χ2v) is 7.52. The van der Waals surface area contributed by atoms with Crippen LogP contribution in [0.2, 0.25) is 0 Å². The molecule has 24 heavy (non-hydrogen) atoms. The number of likely N-dealkylation sites (tertiary alicyclic amines) is 1. The molecule has 2 N–H and O–H groups in total. The van der Waals surface area contributed by atoms with E-state index in [0.717, 1.165) is 45.2 Å². The van der Waals surface area contributed by atoms with Crippen LogP contribution in [0.15, 0.2) is 24.3 Å². The molecule has 3 rings (SSSR count). The highest BCUT2D eigenvalue weighted by Crippen LogP contribution is 2.28. The van der Waals surface area contributed by atoms with Crippen LogP contribution in [0.3, 0.4) is 0 Å². The summed E-state index contributed by atoms with van der Waals surface area (Å²) >= 11 is 0. The van der Waals surface area contributed by atoms with Gasteiger partial charge in [0, 0.05) is 31.1 Å². The van der Waals surface area contributed by atoms with Crippen molar-refractivity contribution in [2.45, 2.75) is 64.0 Å². The van der Waals surface area contributed by atoms with Gasteiger partial charge in [0.15, 0.2) is 0 Å². The molecule has 0 radical (unpaired) electrons. The number of carbonyl (C=O) groups excluding carboxylic acids is 1. The minimum atomic E-state index is 0.302. The molecule has 1 aromatic rings. The fourth-order valence-corrected chi connectivity index (χ4v) is 4.06. The highest BCUT2D eigenvalue weighted by Gasteiger charge is 2.32. The molecule has 0 spiro atoms. The Labute approximate surface area is 145 Å². The van der Waals surface area contributed by atoms with Gasteiger partial charge in [-0.15, -0.1) is 0 Å². The molecule has 1 aromatic carbocycles. The quantitative estimate of drug-likeness (QED) is 0.843. The van der Waals surface area contributed by atoms with Gasteiger partial charge in [0.1, 0.15) is 5.75 Å². The SMILES string of the molecule is C[C@H](CCc1ccc(O)cc1)N[C@@H]1CCN(C(=O)C2CCCC2)C1. The van der Waals surface area contributed by atoms with Crippen LogP contribution in [-0.2, 0) is 11.2 Å². The third-order valence-corrected chi connectivity index (χ3v) is 5.53. The molecule has 2 aliphatic rings. The van der Waals surface area contributed by atoms with E-state index >= 15 is 0 Å². The van der Waals surface area contributed by atoms with E-state index in [1.54, 1.807) is 12.1 Å². The second-order valence-electron chi connectivity index (χ2n) is 7.52. The lowest BCUT2D eigenvalue weighted by atomic mass is 10.1. The van der Waals surface area contributed by atoms with Crippen LogP contribution in [-0.4, -0.2) is 41.1 Å². The summed E-state index contributed by atoms with van der Waals surface area (Å²) in [4.78, 5) is 14.6. The number of nitrogens with zero attached hydrogens (tertiary/aromatic N) is 1. The maximum absolute atomic E-state index is 12.5. The standard InChI is InChI=1S/C20H30N2O2/c1-15(6-7-16-8-10-19(23)11-9-16)21-18-12-13-22(14-18)20(24)17-4-2-3-5-17/h8-11,15,17-18,21,23H,2-7,12-14H2,1H3/t15-,18-/m1/s1. The summed E-state index contributed by atoms with van der Waals surface area (Å²) in [5, 5.41) is 13.0. The van der Waals surface area contributed by atoms with Gasteiger partial charge in [0.2, 0.25) is 5.91 Å². The number of aryl methyl sites for hydroxylation is 1. The van der Waals surface area contributed by atoms with Gasteiger partial charge in [-0.1, -0.05) is 25.0 Å². The van der Waals surface area contributed by atoms with Crippen molar-refractivity contribution >= 4 is 5.91 Å². The maximum atomic E-state index is 12.5. The first kappa shape index (κ1) is 17.3. The third kappa shape index (κ3) is 4.50. The molecular formula is C20H30N2O2. The summed E-state index contributed by atoms with van der Waals surface area (Å²) in [5.41, 5.74) is 1.26. The summed E-state index contributed by atoms with van der Waals surface area (Å²) in [6.45, 7) is 4.01. The number of phenolic OH excluding ortho intramolecular Hbond substituents is 1. The number of benzene rings is 1. The average Bonchev–Trinajstić information content (AvgIpc) is 3.25. The number of phenols is 1. The Morgan fingerprint density at radius 3 is 2.67 bits per heavy atom. The Morgan fingerprint density at radius 1 is 1.25 bits per heavy atom. The first-order valence-corrected chi connectivity index (χ1v) is 9.44. The topological polar surface area (TPSA) is 52.6 Å². The Kier molecular flexibility index (Phi) is 5.77. The molecule has 0 unspecified atom stereocenters. The molecule has 2 atom stereocenters. The zero-order valence-electron chi connectivity index (χ0n) is 14.7. The van der Waals surface area contributed by atoms with Crippen molar-refractivity contribution in [2.75, 3.05) is 13.1 Å². The maximum Gasteiger partial charge on any atom is 0.225 e. The number of hydrogen-bond acceptors (Lipinski definition) is 3. The van der Waals surface area contributed by atoms with Gasteiger partial charge in [-0.3, -0.25) is 4.79 Å². The minimum absolute atomic E-state index is 0.302. The van der Waals surface area contributed by atoms with Crippen molar-refractivity contribution < 1.29 is 9.90 Å². The predicted molar refractivity (Wildman–Crippen MR) is 96.0 cm³/mol. The van der Waals surface area contributed by atoms with Crippen LogP contribution in [0.5, 0.6) is 5.75 Å². The smallest absolute Gasteiger partial charge is 0.225 e. The molecule has 1 aliphatic carbocycles. The van der Waals surface area contributed by atoms with Gasteiger partial charge in [-0.05, 0) is 56.7 Å². The summed E-state index contributed by atoms with van der Waals surface area (Å²) in [5.74, 6) is 1.02. The van der Waals surface area contributed by atoms with E-state index in [9.17, 15) is 9.90 Å². The largest absolute Gasteiger partial charge is 0.508 e. The fourth-order valence-electron chi connectivity index (χ4n) is 4.06. The summed E-state index contributed by atoms with van der Waals surface area (Å²) in [7, 11) is 0. The molecule has 1 saturated heterocycles. The van der Waals surface area contributed by atoms with Crippen molar-refractivity contribution in [3.8, 4) is 5.75 Å². The molecule has 1 aliphatic heterocycles. The van der Waals surface area contributed by atoms with Crippen LogP contribution >= 0.6 is 0 Å². The van der Waals surface area contributed by atoms with Crippen LogP contribution < -0.4 is 5.32 Å². The van der Waals surface area contributed by atoms with E-state index in [2.05, 4.69) is 17.1 Å². The Balaban J connectivity index is 1.39. The molecule has 132 valence electrons. The monoisotopic (exact) mass is 330 g/mol. The molecule has 2 fully saturated rings. The van der Waals surface area contributed by atoms with E-state index in [0.29, 0.717) is 29.7 Å². The van der Waals surface area contributed by atoms with Gasteiger partial charge >= 0.3 is 0 Å². The molecule has 0 bridgehead atoms. The molecular weight excluding hydrogens is 300 g/mol. The van der Waals surface area contributed by atoms with E-state index in [1.807, 2.05) is 12.1 Å². The van der Waals surface area contributed by atoms with Crippen LogP contribution in [0.25, 0.3) is 0 Å². The summed E-state index contributed by atoms with van der Waals surface area (Å²) < 4.78 is 0. The number of carbonyl (C=O) groups is 1. The third-order valence-electron chi connectivity index (χ3n) is 5.53.